The Morgan fingerprint density at radius 3 is 2.48 bits per heavy atom. The number of hydrogen-bond acceptors (Lipinski definition) is 1. The van der Waals surface area contributed by atoms with Crippen LogP contribution in [-0.2, 0) is 0 Å². The first-order valence-electron chi connectivity index (χ1n) is 8.78. The van der Waals surface area contributed by atoms with Crippen LogP contribution in [0.2, 0.25) is 0 Å². The van der Waals surface area contributed by atoms with Crippen molar-refractivity contribution in [2.24, 2.45) is 10.8 Å². The number of benzene rings is 1. The molecule has 116 valence electrons. The molecule has 3 rings (SSSR count). The predicted octanol–water partition coefficient (Wildman–Crippen LogP) is 5.05. The number of aryl methyl sites for hydroxylation is 1. The Bertz CT molecular complexity index is 473. The van der Waals surface area contributed by atoms with Gasteiger partial charge in [-0.1, -0.05) is 50.1 Å². The molecule has 1 aliphatic carbocycles. The molecule has 1 aliphatic heterocycles. The minimum atomic E-state index is 0.548. The fourth-order valence-corrected chi connectivity index (χ4v) is 4.60. The van der Waals surface area contributed by atoms with E-state index in [4.69, 9.17) is 0 Å². The molecule has 2 atom stereocenters. The summed E-state index contributed by atoms with van der Waals surface area (Å²) in [6.45, 7) is 9.50. The molecule has 1 saturated heterocycles. The minimum Gasteiger partial charge on any atom is -0.316 e. The molecule has 0 radical (unpaired) electrons. The van der Waals surface area contributed by atoms with Crippen LogP contribution in [0, 0.1) is 17.8 Å². The van der Waals surface area contributed by atoms with Crippen LogP contribution in [0.4, 0.5) is 0 Å². The second-order valence-electron chi connectivity index (χ2n) is 8.30. The quantitative estimate of drug-likeness (QED) is 0.761. The minimum absolute atomic E-state index is 0.548. The van der Waals surface area contributed by atoms with Crippen molar-refractivity contribution in [3.8, 4) is 0 Å². The first-order chi connectivity index (χ1) is 10.0. The predicted molar refractivity (Wildman–Crippen MR) is 90.7 cm³/mol. The molecule has 1 N–H and O–H groups in total. The number of rotatable bonds is 1. The fraction of sp³-hybridized carbons (Fsp3) is 0.700. The van der Waals surface area contributed by atoms with Crippen molar-refractivity contribution < 1.29 is 0 Å². The summed E-state index contributed by atoms with van der Waals surface area (Å²) in [5.74, 6) is 0.709. The highest BCUT2D eigenvalue weighted by atomic mass is 14.9. The van der Waals surface area contributed by atoms with Crippen LogP contribution >= 0.6 is 0 Å². The molecule has 0 bridgehead atoms. The van der Waals surface area contributed by atoms with E-state index in [1.165, 1.54) is 57.2 Å². The van der Waals surface area contributed by atoms with E-state index in [-0.39, 0.29) is 0 Å². The molecule has 1 saturated carbocycles. The molecule has 1 spiro atoms. The zero-order valence-electron chi connectivity index (χ0n) is 14.0. The van der Waals surface area contributed by atoms with Crippen molar-refractivity contribution >= 4 is 0 Å². The Balaban J connectivity index is 1.88. The van der Waals surface area contributed by atoms with Gasteiger partial charge in [-0.2, -0.15) is 0 Å². The summed E-state index contributed by atoms with van der Waals surface area (Å²) >= 11 is 0. The third-order valence-corrected chi connectivity index (χ3v) is 6.19. The Labute approximate surface area is 130 Å². The average Bonchev–Trinajstić information content (AvgIpc) is 2.61. The van der Waals surface area contributed by atoms with Crippen molar-refractivity contribution in [1.29, 1.82) is 0 Å². The topological polar surface area (TPSA) is 12.0 Å². The van der Waals surface area contributed by atoms with Crippen LogP contribution in [0.15, 0.2) is 24.3 Å². The molecule has 1 heteroatoms. The summed E-state index contributed by atoms with van der Waals surface area (Å²) in [7, 11) is 0. The van der Waals surface area contributed by atoms with Crippen LogP contribution in [0.5, 0.6) is 0 Å². The lowest BCUT2D eigenvalue weighted by molar-refractivity contribution is 0.131. The molecule has 2 unspecified atom stereocenters. The van der Waals surface area contributed by atoms with Gasteiger partial charge < -0.3 is 5.32 Å². The highest BCUT2D eigenvalue weighted by Crippen LogP contribution is 2.52. The zero-order chi connectivity index (χ0) is 14.9. The van der Waals surface area contributed by atoms with Gasteiger partial charge in [-0.25, -0.2) is 0 Å². The van der Waals surface area contributed by atoms with E-state index < -0.39 is 0 Å². The number of nitrogens with one attached hydrogen (secondary N) is 1. The number of hydrogen-bond donors (Lipinski definition) is 1. The maximum atomic E-state index is 3.66. The van der Waals surface area contributed by atoms with E-state index in [2.05, 4.69) is 50.4 Å². The molecule has 0 amide bonds. The van der Waals surface area contributed by atoms with Gasteiger partial charge in [-0.05, 0) is 62.0 Å². The molecule has 1 nitrogen and oxygen atoms in total. The van der Waals surface area contributed by atoms with Crippen LogP contribution < -0.4 is 5.32 Å². The van der Waals surface area contributed by atoms with Crippen molar-refractivity contribution in [1.82, 2.24) is 5.32 Å². The standard InChI is InChI=1S/C20H31N/c1-16-5-7-17(8-6-16)18-15-21-14-13-20(18)10-4-9-19(2,3)11-12-20/h5-8,18,21H,4,9-15H2,1-3H3. The van der Waals surface area contributed by atoms with E-state index >= 15 is 0 Å². The monoisotopic (exact) mass is 285 g/mol. The molecular formula is C20H31N. The second-order valence-corrected chi connectivity index (χ2v) is 8.30. The van der Waals surface area contributed by atoms with Gasteiger partial charge in [0.05, 0.1) is 0 Å². The lowest BCUT2D eigenvalue weighted by atomic mass is 9.63. The highest BCUT2D eigenvalue weighted by molar-refractivity contribution is 5.27. The van der Waals surface area contributed by atoms with Crippen molar-refractivity contribution in [3.05, 3.63) is 35.4 Å². The van der Waals surface area contributed by atoms with Crippen molar-refractivity contribution in [2.75, 3.05) is 13.1 Å². The third kappa shape index (κ3) is 3.18. The molecule has 2 fully saturated rings. The van der Waals surface area contributed by atoms with Gasteiger partial charge in [-0.15, -0.1) is 0 Å². The van der Waals surface area contributed by atoms with E-state index in [1.54, 1.807) is 5.56 Å². The molecule has 1 aromatic rings. The fourth-order valence-electron chi connectivity index (χ4n) is 4.60. The van der Waals surface area contributed by atoms with Gasteiger partial charge >= 0.3 is 0 Å². The van der Waals surface area contributed by atoms with Crippen molar-refractivity contribution in [2.45, 2.75) is 65.2 Å². The summed E-state index contributed by atoms with van der Waals surface area (Å²) in [6, 6.07) is 9.34. The summed E-state index contributed by atoms with van der Waals surface area (Å²) in [5.41, 5.74) is 4.03. The van der Waals surface area contributed by atoms with Gasteiger partial charge in [0, 0.05) is 12.5 Å². The van der Waals surface area contributed by atoms with Gasteiger partial charge in [0.2, 0.25) is 0 Å². The lowest BCUT2D eigenvalue weighted by Gasteiger charge is -2.45. The first-order valence-corrected chi connectivity index (χ1v) is 8.78. The molecule has 1 aromatic carbocycles. The lowest BCUT2D eigenvalue weighted by Crippen LogP contribution is -2.43. The summed E-state index contributed by atoms with van der Waals surface area (Å²) < 4.78 is 0. The van der Waals surface area contributed by atoms with E-state index in [0.29, 0.717) is 16.7 Å². The smallest absolute Gasteiger partial charge is 0.00255 e. The zero-order valence-corrected chi connectivity index (χ0v) is 14.0. The van der Waals surface area contributed by atoms with E-state index in [1.807, 2.05) is 0 Å². The van der Waals surface area contributed by atoms with E-state index in [9.17, 15) is 0 Å². The Kier molecular flexibility index (Phi) is 4.14. The van der Waals surface area contributed by atoms with Gasteiger partial charge in [0.25, 0.3) is 0 Å². The first kappa shape index (κ1) is 15.1. The highest BCUT2D eigenvalue weighted by Gasteiger charge is 2.43. The maximum Gasteiger partial charge on any atom is 0.00255 e. The maximum absolute atomic E-state index is 3.66. The van der Waals surface area contributed by atoms with Gasteiger partial charge in [0.15, 0.2) is 0 Å². The summed E-state index contributed by atoms with van der Waals surface area (Å²) in [4.78, 5) is 0. The van der Waals surface area contributed by atoms with Gasteiger partial charge in [-0.3, -0.25) is 0 Å². The molecule has 1 heterocycles. The Hall–Kier alpha value is -0.820. The largest absolute Gasteiger partial charge is 0.316 e. The number of piperidine rings is 1. The SMILES string of the molecule is Cc1ccc(C2CNCCC23CCCC(C)(C)CC3)cc1. The van der Waals surface area contributed by atoms with Crippen LogP contribution in [-0.4, -0.2) is 13.1 Å². The Morgan fingerprint density at radius 1 is 0.952 bits per heavy atom. The molecule has 2 aliphatic rings. The third-order valence-electron chi connectivity index (χ3n) is 6.19. The molecular weight excluding hydrogens is 254 g/mol. The average molecular weight is 285 g/mol. The van der Waals surface area contributed by atoms with Gasteiger partial charge in [0.1, 0.15) is 0 Å². The van der Waals surface area contributed by atoms with Crippen LogP contribution in [0.1, 0.15) is 69.4 Å². The molecule has 0 aromatic heterocycles. The summed E-state index contributed by atoms with van der Waals surface area (Å²) in [5, 5.41) is 3.66. The van der Waals surface area contributed by atoms with E-state index in [0.717, 1.165) is 0 Å². The van der Waals surface area contributed by atoms with Crippen LogP contribution in [0.3, 0.4) is 0 Å². The summed E-state index contributed by atoms with van der Waals surface area (Å²) in [6.07, 6.45) is 8.42. The Morgan fingerprint density at radius 2 is 1.71 bits per heavy atom. The second kappa shape index (κ2) is 5.76. The normalized spacial score (nSPS) is 32.8. The van der Waals surface area contributed by atoms with Crippen molar-refractivity contribution in [3.63, 3.8) is 0 Å². The molecule has 21 heavy (non-hydrogen) atoms. The van der Waals surface area contributed by atoms with Crippen LogP contribution in [0.25, 0.3) is 0 Å².